The molecule has 1 atom stereocenters. The van der Waals surface area contributed by atoms with Crippen LogP contribution in [0.2, 0.25) is 5.02 Å². The Morgan fingerprint density at radius 3 is 3.00 bits per heavy atom. The predicted octanol–water partition coefficient (Wildman–Crippen LogP) is 1.94. The summed E-state index contributed by atoms with van der Waals surface area (Å²) in [7, 11) is 0. The van der Waals surface area contributed by atoms with E-state index in [4.69, 9.17) is 11.6 Å². The van der Waals surface area contributed by atoms with Gasteiger partial charge in [-0.15, -0.1) is 0 Å². The Morgan fingerprint density at radius 1 is 1.56 bits per heavy atom. The van der Waals surface area contributed by atoms with Crippen molar-refractivity contribution in [1.82, 2.24) is 4.90 Å². The normalized spacial score (nSPS) is 19.9. The number of hydrogen-bond donors (Lipinski definition) is 2. The van der Waals surface area contributed by atoms with E-state index in [2.05, 4.69) is 5.32 Å². The van der Waals surface area contributed by atoms with Gasteiger partial charge in [0.15, 0.2) is 0 Å². The van der Waals surface area contributed by atoms with Gasteiger partial charge in [-0.25, -0.2) is 4.79 Å². The number of aliphatic hydroxyl groups is 1. The number of nitrogens with one attached hydrogen (secondary N) is 1. The van der Waals surface area contributed by atoms with Crippen LogP contribution in [0.25, 0.3) is 0 Å². The molecular weight excluding hydrogens is 228 g/mol. The van der Waals surface area contributed by atoms with E-state index in [0.717, 1.165) is 0 Å². The molecule has 86 valence electrons. The van der Waals surface area contributed by atoms with Gasteiger partial charge in [-0.05, 0) is 24.6 Å². The van der Waals surface area contributed by atoms with Gasteiger partial charge < -0.3 is 15.3 Å². The van der Waals surface area contributed by atoms with Crippen LogP contribution < -0.4 is 5.32 Å². The van der Waals surface area contributed by atoms with E-state index in [1.165, 1.54) is 0 Å². The maximum atomic E-state index is 11.7. The van der Waals surface area contributed by atoms with E-state index in [0.29, 0.717) is 30.2 Å². The second-order valence-corrected chi connectivity index (χ2v) is 4.27. The Labute approximate surface area is 98.8 Å². The maximum absolute atomic E-state index is 11.7. The first-order valence-electron chi connectivity index (χ1n) is 5.15. The summed E-state index contributed by atoms with van der Waals surface area (Å²) in [5.41, 5.74) is 0.666. The molecule has 1 fully saturated rings. The van der Waals surface area contributed by atoms with Crippen molar-refractivity contribution in [3.63, 3.8) is 0 Å². The average molecular weight is 241 g/mol. The Balaban J connectivity index is 1.97. The van der Waals surface area contributed by atoms with Crippen LogP contribution >= 0.6 is 11.6 Å². The lowest BCUT2D eigenvalue weighted by molar-refractivity contribution is 0.176. The minimum Gasteiger partial charge on any atom is -0.391 e. The van der Waals surface area contributed by atoms with Crippen molar-refractivity contribution in [2.75, 3.05) is 18.4 Å². The maximum Gasteiger partial charge on any atom is 0.321 e. The number of aliphatic hydroxyl groups excluding tert-OH is 1. The average Bonchev–Trinajstić information content (AvgIpc) is 2.65. The number of benzene rings is 1. The van der Waals surface area contributed by atoms with Crippen molar-refractivity contribution in [1.29, 1.82) is 0 Å². The van der Waals surface area contributed by atoms with Gasteiger partial charge in [0.1, 0.15) is 0 Å². The zero-order valence-corrected chi connectivity index (χ0v) is 9.44. The lowest BCUT2D eigenvalue weighted by Gasteiger charge is -2.16. The molecule has 0 bridgehead atoms. The quantitative estimate of drug-likeness (QED) is 0.788. The number of β-amino-alcohol motifs (C(OH)–C–C–N with tert-alkyl or cyclic N) is 1. The molecule has 0 aliphatic carbocycles. The minimum atomic E-state index is -0.398. The summed E-state index contributed by atoms with van der Waals surface area (Å²) < 4.78 is 0. The number of carbonyl (C=O) groups excluding carboxylic acids is 1. The van der Waals surface area contributed by atoms with Crippen molar-refractivity contribution in [2.45, 2.75) is 12.5 Å². The van der Waals surface area contributed by atoms with E-state index in [-0.39, 0.29) is 6.03 Å². The summed E-state index contributed by atoms with van der Waals surface area (Å²) in [6.45, 7) is 0.986. The fourth-order valence-corrected chi connectivity index (χ4v) is 1.89. The van der Waals surface area contributed by atoms with E-state index < -0.39 is 6.10 Å². The highest BCUT2D eigenvalue weighted by atomic mass is 35.5. The lowest BCUT2D eigenvalue weighted by atomic mass is 10.3. The van der Waals surface area contributed by atoms with Gasteiger partial charge in [-0.2, -0.15) is 0 Å². The largest absolute Gasteiger partial charge is 0.391 e. The highest BCUT2D eigenvalue weighted by molar-refractivity contribution is 6.30. The van der Waals surface area contributed by atoms with E-state index in [1.54, 1.807) is 29.2 Å². The molecule has 1 saturated heterocycles. The SMILES string of the molecule is O=C(Nc1cccc(Cl)c1)N1CC[C@H](O)C1. The van der Waals surface area contributed by atoms with E-state index >= 15 is 0 Å². The Kier molecular flexibility index (Phi) is 3.31. The monoisotopic (exact) mass is 240 g/mol. The van der Waals surface area contributed by atoms with Crippen molar-refractivity contribution >= 4 is 23.3 Å². The molecule has 1 aliphatic heterocycles. The first-order chi connectivity index (χ1) is 7.65. The van der Waals surface area contributed by atoms with Gasteiger partial charge in [0, 0.05) is 23.8 Å². The number of urea groups is 1. The second-order valence-electron chi connectivity index (χ2n) is 3.83. The summed E-state index contributed by atoms with van der Waals surface area (Å²) in [6, 6.07) is 6.79. The van der Waals surface area contributed by atoms with Crippen LogP contribution in [-0.2, 0) is 0 Å². The van der Waals surface area contributed by atoms with Crippen LogP contribution in [0.1, 0.15) is 6.42 Å². The number of nitrogens with zero attached hydrogens (tertiary/aromatic N) is 1. The number of likely N-dealkylation sites (tertiary alicyclic amines) is 1. The molecule has 0 aromatic heterocycles. The highest BCUT2D eigenvalue weighted by Gasteiger charge is 2.24. The zero-order valence-electron chi connectivity index (χ0n) is 8.69. The van der Waals surface area contributed by atoms with Crippen molar-refractivity contribution in [3.8, 4) is 0 Å². The molecule has 2 N–H and O–H groups in total. The smallest absolute Gasteiger partial charge is 0.321 e. The van der Waals surface area contributed by atoms with Gasteiger partial charge in [-0.1, -0.05) is 17.7 Å². The van der Waals surface area contributed by atoms with Crippen molar-refractivity contribution in [2.24, 2.45) is 0 Å². The summed E-state index contributed by atoms with van der Waals surface area (Å²) >= 11 is 5.81. The van der Waals surface area contributed by atoms with Crippen LogP contribution in [-0.4, -0.2) is 35.2 Å². The molecule has 2 amide bonds. The van der Waals surface area contributed by atoms with Gasteiger partial charge >= 0.3 is 6.03 Å². The van der Waals surface area contributed by atoms with Crippen LogP contribution in [0.4, 0.5) is 10.5 Å². The summed E-state index contributed by atoms with van der Waals surface area (Å²) in [5, 5.41) is 12.6. The number of rotatable bonds is 1. The lowest BCUT2D eigenvalue weighted by Crippen LogP contribution is -2.33. The molecule has 16 heavy (non-hydrogen) atoms. The molecule has 4 nitrogen and oxygen atoms in total. The molecule has 0 unspecified atom stereocenters. The molecule has 0 radical (unpaired) electrons. The third kappa shape index (κ3) is 2.65. The number of anilines is 1. The van der Waals surface area contributed by atoms with Gasteiger partial charge in [0.2, 0.25) is 0 Å². The van der Waals surface area contributed by atoms with Gasteiger partial charge in [0.25, 0.3) is 0 Å². The highest BCUT2D eigenvalue weighted by Crippen LogP contribution is 2.16. The molecular formula is C11H13ClN2O2. The Hall–Kier alpha value is -1.26. The first-order valence-corrected chi connectivity index (χ1v) is 5.52. The third-order valence-corrected chi connectivity index (χ3v) is 2.76. The number of hydrogen-bond acceptors (Lipinski definition) is 2. The third-order valence-electron chi connectivity index (χ3n) is 2.53. The van der Waals surface area contributed by atoms with Gasteiger partial charge in [-0.3, -0.25) is 0 Å². The van der Waals surface area contributed by atoms with Crippen LogP contribution in [0.15, 0.2) is 24.3 Å². The molecule has 1 heterocycles. The predicted molar refractivity (Wildman–Crippen MR) is 62.7 cm³/mol. The van der Waals surface area contributed by atoms with Gasteiger partial charge in [0.05, 0.1) is 6.10 Å². The topological polar surface area (TPSA) is 52.6 Å². The van der Waals surface area contributed by atoms with Crippen LogP contribution in [0.3, 0.4) is 0 Å². The molecule has 1 aliphatic rings. The molecule has 1 aromatic carbocycles. The standard InChI is InChI=1S/C11H13ClN2O2/c12-8-2-1-3-9(6-8)13-11(16)14-5-4-10(15)7-14/h1-3,6,10,15H,4-5,7H2,(H,13,16)/t10-/m0/s1. The molecule has 5 heteroatoms. The van der Waals surface area contributed by atoms with E-state index in [9.17, 15) is 9.90 Å². The molecule has 1 aromatic rings. The fourth-order valence-electron chi connectivity index (χ4n) is 1.70. The summed E-state index contributed by atoms with van der Waals surface area (Å²) in [6.07, 6.45) is 0.244. The van der Waals surface area contributed by atoms with Crippen LogP contribution in [0, 0.1) is 0 Å². The molecule has 2 rings (SSSR count). The fraction of sp³-hybridized carbons (Fsp3) is 0.364. The minimum absolute atomic E-state index is 0.196. The number of amides is 2. The number of carbonyl (C=O) groups is 1. The molecule has 0 saturated carbocycles. The summed E-state index contributed by atoms with van der Waals surface area (Å²) in [5.74, 6) is 0. The summed E-state index contributed by atoms with van der Waals surface area (Å²) in [4.78, 5) is 13.3. The Bertz CT molecular complexity index is 397. The van der Waals surface area contributed by atoms with E-state index in [1.807, 2.05) is 0 Å². The Morgan fingerprint density at radius 2 is 2.38 bits per heavy atom. The second kappa shape index (κ2) is 4.72. The van der Waals surface area contributed by atoms with Crippen molar-refractivity contribution in [3.05, 3.63) is 29.3 Å². The first kappa shape index (κ1) is 11.2. The zero-order chi connectivity index (χ0) is 11.5. The van der Waals surface area contributed by atoms with Crippen LogP contribution in [0.5, 0.6) is 0 Å². The molecule has 0 spiro atoms. The number of halogens is 1. The van der Waals surface area contributed by atoms with Crippen molar-refractivity contribution < 1.29 is 9.90 Å².